The summed E-state index contributed by atoms with van der Waals surface area (Å²) in [5.74, 6) is -0.0551. The molecule has 1 aliphatic rings. The van der Waals surface area contributed by atoms with E-state index in [-0.39, 0.29) is 11.9 Å². The fourth-order valence-electron chi connectivity index (χ4n) is 2.65. The first-order valence-electron chi connectivity index (χ1n) is 7.02. The number of thiazole rings is 1. The summed E-state index contributed by atoms with van der Waals surface area (Å²) in [6.45, 7) is 1.24. The Balaban J connectivity index is 1.86. The zero-order chi connectivity index (χ0) is 15.7. The number of nitrogens with two attached hydrogens (primary N) is 1. The average molecular weight is 356 g/mol. The number of hydrogen-bond acceptors (Lipinski definition) is 4. The zero-order valence-corrected chi connectivity index (χ0v) is 14.1. The number of halogens is 2. The van der Waals surface area contributed by atoms with Crippen molar-refractivity contribution in [3.63, 3.8) is 0 Å². The van der Waals surface area contributed by atoms with Crippen LogP contribution in [0.15, 0.2) is 23.6 Å². The number of carbonyl (C=O) groups excluding carboxylic acids is 1. The number of likely N-dealkylation sites (tertiary alicyclic amines) is 1. The van der Waals surface area contributed by atoms with Crippen molar-refractivity contribution >= 4 is 40.4 Å². The van der Waals surface area contributed by atoms with Gasteiger partial charge in [0.05, 0.1) is 5.02 Å². The van der Waals surface area contributed by atoms with Gasteiger partial charge in [-0.2, -0.15) is 0 Å². The van der Waals surface area contributed by atoms with Crippen molar-refractivity contribution in [2.45, 2.75) is 18.9 Å². The van der Waals surface area contributed by atoms with E-state index in [1.54, 1.807) is 17.5 Å². The Kier molecular flexibility index (Phi) is 4.68. The Morgan fingerprint density at radius 3 is 3.00 bits per heavy atom. The first-order chi connectivity index (χ1) is 10.6. The molecule has 2 N–H and O–H groups in total. The molecule has 0 bridgehead atoms. The highest BCUT2D eigenvalue weighted by Gasteiger charge is 2.29. The van der Waals surface area contributed by atoms with Crippen LogP contribution < -0.4 is 5.73 Å². The lowest BCUT2D eigenvalue weighted by atomic mass is 10.2. The number of rotatable bonds is 3. The van der Waals surface area contributed by atoms with Crippen LogP contribution in [0.3, 0.4) is 0 Å². The molecule has 7 heteroatoms. The molecule has 0 radical (unpaired) electrons. The zero-order valence-electron chi connectivity index (χ0n) is 11.8. The second kappa shape index (κ2) is 6.54. The Labute approximate surface area is 142 Å². The van der Waals surface area contributed by atoms with Crippen molar-refractivity contribution in [2.75, 3.05) is 13.1 Å². The molecule has 0 unspecified atom stereocenters. The van der Waals surface area contributed by atoms with Crippen molar-refractivity contribution in [1.82, 2.24) is 9.88 Å². The van der Waals surface area contributed by atoms with E-state index in [9.17, 15) is 4.79 Å². The molecular formula is C15H15Cl2N3OS. The van der Waals surface area contributed by atoms with Crippen LogP contribution in [0.25, 0.3) is 10.6 Å². The minimum Gasteiger partial charge on any atom is -0.333 e. The SMILES string of the molecule is NC[C@H]1CCCN1C(=O)c1csc(-c2ccc(Cl)cc2Cl)n1. The van der Waals surface area contributed by atoms with E-state index in [1.165, 1.54) is 11.3 Å². The maximum atomic E-state index is 12.6. The van der Waals surface area contributed by atoms with Crippen LogP contribution in [0, 0.1) is 0 Å². The number of carbonyl (C=O) groups is 1. The molecule has 1 aromatic heterocycles. The van der Waals surface area contributed by atoms with Crippen molar-refractivity contribution < 1.29 is 4.79 Å². The Bertz CT molecular complexity index is 704. The van der Waals surface area contributed by atoms with Gasteiger partial charge < -0.3 is 10.6 Å². The van der Waals surface area contributed by atoms with Gasteiger partial charge in [-0.25, -0.2) is 4.98 Å². The number of amides is 1. The van der Waals surface area contributed by atoms with Crippen LogP contribution in [-0.2, 0) is 0 Å². The molecule has 2 heterocycles. The Hall–Kier alpha value is -1.14. The van der Waals surface area contributed by atoms with Crippen molar-refractivity contribution in [2.24, 2.45) is 5.73 Å². The van der Waals surface area contributed by atoms with Crippen molar-refractivity contribution in [1.29, 1.82) is 0 Å². The van der Waals surface area contributed by atoms with E-state index in [2.05, 4.69) is 4.98 Å². The molecule has 0 aliphatic carbocycles. The summed E-state index contributed by atoms with van der Waals surface area (Å²) in [5, 5.41) is 3.59. The lowest BCUT2D eigenvalue weighted by Gasteiger charge is -2.22. The van der Waals surface area contributed by atoms with Crippen molar-refractivity contribution in [3.8, 4) is 10.6 Å². The van der Waals surface area contributed by atoms with E-state index in [1.807, 2.05) is 11.0 Å². The van der Waals surface area contributed by atoms with Crippen LogP contribution in [-0.4, -0.2) is 34.9 Å². The largest absolute Gasteiger partial charge is 0.333 e. The summed E-state index contributed by atoms with van der Waals surface area (Å²) in [6.07, 6.45) is 1.95. The number of hydrogen-bond donors (Lipinski definition) is 1. The van der Waals surface area contributed by atoms with Gasteiger partial charge in [0.1, 0.15) is 10.7 Å². The van der Waals surface area contributed by atoms with E-state index in [4.69, 9.17) is 28.9 Å². The number of nitrogens with zero attached hydrogens (tertiary/aromatic N) is 2. The molecule has 1 amide bonds. The van der Waals surface area contributed by atoms with Crippen molar-refractivity contribution in [3.05, 3.63) is 39.3 Å². The van der Waals surface area contributed by atoms with E-state index in [0.717, 1.165) is 24.9 Å². The highest BCUT2D eigenvalue weighted by Crippen LogP contribution is 2.33. The second-order valence-electron chi connectivity index (χ2n) is 5.19. The first kappa shape index (κ1) is 15.7. The van der Waals surface area contributed by atoms with Gasteiger partial charge >= 0.3 is 0 Å². The molecule has 116 valence electrons. The molecule has 0 spiro atoms. The highest BCUT2D eigenvalue weighted by molar-refractivity contribution is 7.13. The van der Waals surface area contributed by atoms with Gasteiger partial charge in [0.25, 0.3) is 5.91 Å². The lowest BCUT2D eigenvalue weighted by molar-refractivity contribution is 0.0736. The van der Waals surface area contributed by atoms with Crippen LogP contribution in [0.2, 0.25) is 10.0 Å². The van der Waals surface area contributed by atoms with Gasteiger partial charge in [-0.3, -0.25) is 4.79 Å². The predicted molar refractivity (Wildman–Crippen MR) is 90.7 cm³/mol. The quantitative estimate of drug-likeness (QED) is 0.913. The molecule has 1 saturated heterocycles. The summed E-state index contributed by atoms with van der Waals surface area (Å²) in [7, 11) is 0. The summed E-state index contributed by atoms with van der Waals surface area (Å²) >= 11 is 13.5. The summed E-state index contributed by atoms with van der Waals surface area (Å²) in [5.41, 5.74) is 6.96. The summed E-state index contributed by atoms with van der Waals surface area (Å²) in [4.78, 5) is 18.8. The third kappa shape index (κ3) is 2.99. The van der Waals surface area contributed by atoms with Gasteiger partial charge in [0, 0.05) is 35.1 Å². The molecular weight excluding hydrogens is 341 g/mol. The molecule has 1 fully saturated rings. The Morgan fingerprint density at radius 2 is 2.27 bits per heavy atom. The number of aromatic nitrogens is 1. The lowest BCUT2D eigenvalue weighted by Crippen LogP contribution is -2.40. The average Bonchev–Trinajstić information content (AvgIpc) is 3.15. The predicted octanol–water partition coefficient (Wildman–Crippen LogP) is 3.68. The summed E-state index contributed by atoms with van der Waals surface area (Å²) < 4.78 is 0. The molecule has 1 aliphatic heterocycles. The maximum Gasteiger partial charge on any atom is 0.273 e. The van der Waals surface area contributed by atoms with Crippen LogP contribution >= 0.6 is 34.5 Å². The van der Waals surface area contributed by atoms with Crippen LogP contribution in [0.1, 0.15) is 23.3 Å². The minimum atomic E-state index is -0.0551. The third-order valence-electron chi connectivity index (χ3n) is 3.79. The van der Waals surface area contributed by atoms with Gasteiger partial charge in [0.2, 0.25) is 0 Å². The minimum absolute atomic E-state index is 0.0551. The molecule has 3 rings (SSSR count). The van der Waals surface area contributed by atoms with Gasteiger partial charge in [0.15, 0.2) is 0 Å². The van der Waals surface area contributed by atoms with Crippen LogP contribution in [0.5, 0.6) is 0 Å². The first-order valence-corrected chi connectivity index (χ1v) is 8.65. The molecule has 1 aromatic carbocycles. The molecule has 22 heavy (non-hydrogen) atoms. The van der Waals surface area contributed by atoms with Gasteiger partial charge in [-0.15, -0.1) is 11.3 Å². The Morgan fingerprint density at radius 1 is 1.45 bits per heavy atom. The monoisotopic (exact) mass is 355 g/mol. The topological polar surface area (TPSA) is 59.2 Å². The highest BCUT2D eigenvalue weighted by atomic mass is 35.5. The normalized spacial score (nSPS) is 18.0. The summed E-state index contributed by atoms with van der Waals surface area (Å²) in [6, 6.07) is 5.37. The second-order valence-corrected chi connectivity index (χ2v) is 6.89. The maximum absolute atomic E-state index is 12.6. The fourth-order valence-corrected chi connectivity index (χ4v) is 4.04. The van der Waals surface area contributed by atoms with E-state index < -0.39 is 0 Å². The standard InChI is InChI=1S/C15H15Cl2N3OS/c16-9-3-4-11(12(17)6-9)14-19-13(8-22-14)15(21)20-5-1-2-10(20)7-18/h3-4,6,8,10H,1-2,5,7,18H2/t10-/m1/s1. The van der Waals surface area contributed by atoms with E-state index >= 15 is 0 Å². The fraction of sp³-hybridized carbons (Fsp3) is 0.333. The van der Waals surface area contributed by atoms with E-state index in [0.29, 0.717) is 27.3 Å². The van der Waals surface area contributed by atoms with Gasteiger partial charge in [-0.1, -0.05) is 23.2 Å². The molecule has 4 nitrogen and oxygen atoms in total. The van der Waals surface area contributed by atoms with Crippen LogP contribution in [0.4, 0.5) is 0 Å². The smallest absolute Gasteiger partial charge is 0.273 e. The molecule has 1 atom stereocenters. The number of benzene rings is 1. The molecule has 0 saturated carbocycles. The molecule has 2 aromatic rings. The van der Waals surface area contributed by atoms with Gasteiger partial charge in [-0.05, 0) is 31.0 Å². The third-order valence-corrected chi connectivity index (χ3v) is 5.22.